The lowest BCUT2D eigenvalue weighted by atomic mass is 10.0. The lowest BCUT2D eigenvalue weighted by molar-refractivity contribution is -0.143. The average molecular weight is 762 g/mol. The zero-order chi connectivity index (χ0) is 40.1. The minimum absolute atomic E-state index is 0.120. The highest BCUT2D eigenvalue weighted by Gasteiger charge is 2.42. The van der Waals surface area contributed by atoms with Gasteiger partial charge < -0.3 is 59.3 Å². The molecule has 0 saturated carbocycles. The molecule has 20 heteroatoms. The van der Waals surface area contributed by atoms with Crippen molar-refractivity contribution in [1.29, 1.82) is 0 Å². The average Bonchev–Trinajstić information content (AvgIpc) is 3.81. The van der Waals surface area contributed by atoms with Crippen LogP contribution in [0.4, 0.5) is 4.79 Å². The molecular formula is C34H55N11O9. The van der Waals surface area contributed by atoms with E-state index >= 15 is 0 Å². The summed E-state index contributed by atoms with van der Waals surface area (Å²) in [5.41, 5.74) is 22.4. The van der Waals surface area contributed by atoms with Crippen LogP contribution >= 0.6 is 0 Å². The van der Waals surface area contributed by atoms with Crippen LogP contribution in [0.15, 0.2) is 12.2 Å². The number of amides is 9. The Kier molecular flexibility index (Phi) is 16.3. The number of hydrogen-bond acceptors (Lipinski definition) is 11. The SMILES string of the molecule is C[C@H](NC(=O)[C@@H]1CC=CC[C@H](NC(=O)[C@@H](N)CCCCN)C(=O)N[C@@H](CC(N)=O)C(=O)N2CCC[C@H]2C(=O)N[C@@H](C)C(=O)[C@@H]2CCCN2C(=O)N1)C(N)=O. The first kappa shape index (κ1) is 43.3. The van der Waals surface area contributed by atoms with Crippen LogP contribution in [-0.2, 0) is 38.4 Å². The second-order valence-electron chi connectivity index (χ2n) is 13.9. The Labute approximate surface area is 313 Å². The molecule has 0 aromatic carbocycles. The van der Waals surface area contributed by atoms with Gasteiger partial charge in [-0.1, -0.05) is 18.6 Å². The Hall–Kier alpha value is -5.11. The number of unbranched alkanes of at least 4 members (excludes halogenated alkanes) is 1. The number of nitrogens with one attached hydrogen (secondary N) is 5. The first-order valence-electron chi connectivity index (χ1n) is 18.4. The Morgan fingerprint density at radius 1 is 0.889 bits per heavy atom. The molecule has 3 aliphatic heterocycles. The number of rotatable bonds is 11. The van der Waals surface area contributed by atoms with Crippen molar-refractivity contribution >= 4 is 53.2 Å². The van der Waals surface area contributed by atoms with E-state index in [0.717, 1.165) is 0 Å². The van der Waals surface area contributed by atoms with E-state index in [9.17, 15) is 43.2 Å². The van der Waals surface area contributed by atoms with Gasteiger partial charge in [0.05, 0.1) is 24.5 Å². The number of carbonyl (C=O) groups excluding carboxylic acids is 9. The molecule has 0 spiro atoms. The molecule has 0 radical (unpaired) electrons. The van der Waals surface area contributed by atoms with E-state index < -0.39 is 108 Å². The zero-order valence-corrected chi connectivity index (χ0v) is 30.8. The van der Waals surface area contributed by atoms with E-state index in [1.54, 1.807) is 0 Å². The predicted molar refractivity (Wildman–Crippen MR) is 193 cm³/mol. The van der Waals surface area contributed by atoms with Gasteiger partial charge in [-0.2, -0.15) is 0 Å². The summed E-state index contributed by atoms with van der Waals surface area (Å²) in [5.74, 6) is -5.90. The van der Waals surface area contributed by atoms with Gasteiger partial charge in [0, 0.05) is 13.1 Å². The van der Waals surface area contributed by atoms with Crippen LogP contribution in [0.5, 0.6) is 0 Å². The van der Waals surface area contributed by atoms with Gasteiger partial charge in [-0.25, -0.2) is 4.79 Å². The van der Waals surface area contributed by atoms with Crippen LogP contribution in [0.1, 0.15) is 78.1 Å². The fourth-order valence-electron chi connectivity index (χ4n) is 6.61. The summed E-state index contributed by atoms with van der Waals surface area (Å²) in [7, 11) is 0. The largest absolute Gasteiger partial charge is 0.370 e. The molecule has 0 unspecified atom stereocenters. The molecule has 8 atom stereocenters. The van der Waals surface area contributed by atoms with E-state index in [4.69, 9.17) is 22.9 Å². The Bertz CT molecular complexity index is 1470. The van der Waals surface area contributed by atoms with Gasteiger partial charge >= 0.3 is 6.03 Å². The van der Waals surface area contributed by atoms with Gasteiger partial charge in [-0.3, -0.25) is 38.4 Å². The van der Waals surface area contributed by atoms with E-state index in [1.165, 1.54) is 35.8 Å². The quantitative estimate of drug-likeness (QED) is 0.0727. The number of fused-ring (bicyclic) bond motifs is 2. The Morgan fingerprint density at radius 3 is 2.19 bits per heavy atom. The van der Waals surface area contributed by atoms with Gasteiger partial charge in [0.25, 0.3) is 0 Å². The second-order valence-corrected chi connectivity index (χ2v) is 13.9. The molecule has 9 amide bonds. The predicted octanol–water partition coefficient (Wildman–Crippen LogP) is -3.76. The number of carbonyl (C=O) groups is 9. The highest BCUT2D eigenvalue weighted by atomic mass is 16.2. The standard InChI is InChI=1S/C34H55N11O9/c1-18-27(47)24-12-7-16-45(24)34(54)43-22(30(50)40-19(2)28(38)48)11-4-3-10-21(41-29(49)20(36)9-5-6-14-35)31(51)42-23(17-26(37)46)33(53)44-15-8-13-25(44)32(52)39-18/h3-4,18-25H,5-17,35-36H2,1-2H3,(H2,37,46)(H2,38,48)(H,39,52)(H,40,50)(H,41,49)(H,42,51)(H,43,54)/t18-,19-,20-,21-,22-,23-,24-,25-/m0/s1. The zero-order valence-electron chi connectivity index (χ0n) is 30.8. The third-order valence-corrected chi connectivity index (χ3v) is 9.74. The fraction of sp³-hybridized carbons (Fsp3) is 0.676. The number of nitrogens with two attached hydrogens (primary N) is 4. The van der Waals surface area contributed by atoms with Gasteiger partial charge in [-0.15, -0.1) is 0 Å². The summed E-state index contributed by atoms with van der Waals surface area (Å²) >= 11 is 0. The highest BCUT2D eigenvalue weighted by molar-refractivity contribution is 5.99. The molecule has 20 nitrogen and oxygen atoms in total. The van der Waals surface area contributed by atoms with Gasteiger partial charge in [-0.05, 0) is 71.8 Å². The van der Waals surface area contributed by atoms with Crippen molar-refractivity contribution < 1.29 is 43.2 Å². The molecule has 3 heterocycles. The minimum Gasteiger partial charge on any atom is -0.370 e. The van der Waals surface area contributed by atoms with Gasteiger partial charge in [0.1, 0.15) is 30.2 Å². The summed E-state index contributed by atoms with van der Waals surface area (Å²) in [6.07, 6.45) is 4.82. The van der Waals surface area contributed by atoms with Crippen LogP contribution in [0.3, 0.4) is 0 Å². The number of nitrogens with zero attached hydrogens (tertiary/aromatic N) is 2. The normalized spacial score (nSPS) is 27.1. The summed E-state index contributed by atoms with van der Waals surface area (Å²) in [6, 6.07) is -10.00. The molecule has 0 aromatic rings. The third kappa shape index (κ3) is 12.0. The lowest BCUT2D eigenvalue weighted by Gasteiger charge is -2.31. The van der Waals surface area contributed by atoms with Gasteiger partial charge in [0.15, 0.2) is 5.78 Å². The molecule has 3 aliphatic rings. The maximum atomic E-state index is 13.9. The van der Waals surface area contributed by atoms with E-state index in [1.807, 2.05) is 0 Å². The maximum absolute atomic E-state index is 13.9. The summed E-state index contributed by atoms with van der Waals surface area (Å²) in [4.78, 5) is 121. The van der Waals surface area contributed by atoms with Crippen LogP contribution in [0.25, 0.3) is 0 Å². The molecule has 300 valence electrons. The van der Waals surface area contributed by atoms with E-state index in [-0.39, 0.29) is 38.8 Å². The van der Waals surface area contributed by atoms with Crippen molar-refractivity contribution in [3.8, 4) is 0 Å². The van der Waals surface area contributed by atoms with Crippen molar-refractivity contribution in [1.82, 2.24) is 36.4 Å². The number of Topliss-reactive ketones (excluding diaryl/α,β-unsaturated/α-hetero) is 1. The topological polar surface area (TPSA) is 324 Å². The molecular weight excluding hydrogens is 706 g/mol. The van der Waals surface area contributed by atoms with E-state index in [0.29, 0.717) is 38.6 Å². The van der Waals surface area contributed by atoms with Crippen LogP contribution in [-0.4, -0.2) is 131 Å². The maximum Gasteiger partial charge on any atom is 0.318 e. The second kappa shape index (κ2) is 20.4. The Balaban J connectivity index is 2.01. The summed E-state index contributed by atoms with van der Waals surface area (Å²) < 4.78 is 0. The molecule has 3 rings (SSSR count). The van der Waals surface area contributed by atoms with Crippen molar-refractivity contribution in [3.63, 3.8) is 0 Å². The van der Waals surface area contributed by atoms with Crippen molar-refractivity contribution in [2.75, 3.05) is 19.6 Å². The smallest absolute Gasteiger partial charge is 0.318 e. The summed E-state index contributed by atoms with van der Waals surface area (Å²) in [5, 5.41) is 12.8. The number of primary amides is 2. The molecule has 54 heavy (non-hydrogen) atoms. The lowest BCUT2D eigenvalue weighted by Crippen LogP contribution is -2.59. The van der Waals surface area contributed by atoms with Crippen molar-refractivity contribution in [3.05, 3.63) is 12.2 Å². The van der Waals surface area contributed by atoms with Crippen LogP contribution in [0, 0.1) is 0 Å². The fourth-order valence-corrected chi connectivity index (χ4v) is 6.61. The van der Waals surface area contributed by atoms with Crippen LogP contribution < -0.4 is 49.5 Å². The first-order chi connectivity index (χ1) is 25.5. The molecule has 0 aliphatic carbocycles. The van der Waals surface area contributed by atoms with Crippen molar-refractivity contribution in [2.24, 2.45) is 22.9 Å². The number of urea groups is 1. The molecule has 2 fully saturated rings. The number of hydrogen-bond donors (Lipinski definition) is 9. The van der Waals surface area contributed by atoms with Gasteiger partial charge in [0.2, 0.25) is 41.4 Å². The monoisotopic (exact) mass is 761 g/mol. The third-order valence-electron chi connectivity index (χ3n) is 9.74. The minimum atomic E-state index is -1.50. The highest BCUT2D eigenvalue weighted by Crippen LogP contribution is 2.22. The van der Waals surface area contributed by atoms with E-state index in [2.05, 4.69) is 26.6 Å². The molecule has 13 N–H and O–H groups in total. The molecule has 0 bridgehead atoms. The van der Waals surface area contributed by atoms with Crippen LogP contribution in [0.2, 0.25) is 0 Å². The molecule has 0 aromatic heterocycles. The summed E-state index contributed by atoms with van der Waals surface area (Å²) in [6.45, 7) is 3.52. The van der Waals surface area contributed by atoms with Crippen molar-refractivity contribution in [2.45, 2.75) is 126 Å². The number of ketones is 1. The Morgan fingerprint density at radius 2 is 1.54 bits per heavy atom. The molecule has 2 saturated heterocycles. The first-order valence-corrected chi connectivity index (χ1v) is 18.4.